The zero-order chi connectivity index (χ0) is 18.5. The number of nitrogens with zero attached hydrogens (tertiary/aromatic N) is 1. The Bertz CT molecular complexity index is 924. The number of benzene rings is 2. The van der Waals surface area contributed by atoms with Crippen LogP contribution < -0.4 is 10.6 Å². The molecule has 6 heteroatoms. The lowest BCUT2D eigenvalue weighted by Crippen LogP contribution is -2.23. The number of aromatic nitrogens is 1. The first-order valence-corrected chi connectivity index (χ1v) is 8.04. The fraction of sp³-hybridized carbons (Fsp3) is 0.100. The third kappa shape index (κ3) is 4.03. The Balaban J connectivity index is 1.72. The number of carbonyl (C=O) groups excluding carboxylic acids is 1. The molecule has 0 saturated heterocycles. The van der Waals surface area contributed by atoms with Gasteiger partial charge in [0, 0.05) is 18.3 Å². The van der Waals surface area contributed by atoms with Gasteiger partial charge in [-0.05, 0) is 42.3 Å². The number of carbonyl (C=O) groups is 1. The highest BCUT2D eigenvalue weighted by molar-refractivity contribution is 5.94. The van der Waals surface area contributed by atoms with Crippen molar-refractivity contribution in [1.29, 1.82) is 0 Å². The van der Waals surface area contributed by atoms with E-state index in [1.807, 2.05) is 31.2 Å². The first kappa shape index (κ1) is 17.5. The number of nitrogens with one attached hydrogen (secondary N) is 2. The third-order valence-corrected chi connectivity index (χ3v) is 3.94. The van der Waals surface area contributed by atoms with Crippen LogP contribution >= 0.6 is 0 Å². The minimum absolute atomic E-state index is 0.178. The van der Waals surface area contributed by atoms with Gasteiger partial charge in [-0.1, -0.05) is 30.3 Å². The van der Waals surface area contributed by atoms with E-state index in [-0.39, 0.29) is 17.4 Å². The average Bonchev–Trinajstić information content (AvgIpc) is 2.64. The molecule has 0 aliphatic heterocycles. The Hall–Kier alpha value is -3.28. The molecule has 0 unspecified atom stereocenters. The van der Waals surface area contributed by atoms with Crippen LogP contribution in [0, 0.1) is 18.6 Å². The molecule has 26 heavy (non-hydrogen) atoms. The summed E-state index contributed by atoms with van der Waals surface area (Å²) >= 11 is 0. The smallest absolute Gasteiger partial charge is 0.251 e. The number of hydrogen-bond acceptors (Lipinski definition) is 3. The Labute approximate surface area is 149 Å². The first-order chi connectivity index (χ1) is 12.5. The molecular weight excluding hydrogens is 336 g/mol. The summed E-state index contributed by atoms with van der Waals surface area (Å²) in [6.45, 7) is 2.36. The largest absolute Gasteiger partial charge is 0.348 e. The van der Waals surface area contributed by atoms with Gasteiger partial charge in [0.25, 0.3) is 5.91 Å². The number of pyridine rings is 1. The number of rotatable bonds is 5. The number of amides is 1. The van der Waals surface area contributed by atoms with E-state index in [0.717, 1.165) is 23.3 Å². The van der Waals surface area contributed by atoms with Gasteiger partial charge in [-0.25, -0.2) is 13.8 Å². The quantitative estimate of drug-likeness (QED) is 0.717. The van der Waals surface area contributed by atoms with E-state index in [4.69, 9.17) is 0 Å². The highest BCUT2D eigenvalue weighted by atomic mass is 19.1. The van der Waals surface area contributed by atoms with Crippen LogP contribution in [0.3, 0.4) is 0 Å². The van der Waals surface area contributed by atoms with E-state index in [2.05, 4.69) is 15.6 Å². The van der Waals surface area contributed by atoms with Crippen molar-refractivity contribution < 1.29 is 13.6 Å². The molecule has 0 aliphatic rings. The van der Waals surface area contributed by atoms with Crippen LogP contribution in [-0.4, -0.2) is 10.9 Å². The van der Waals surface area contributed by atoms with Gasteiger partial charge in [0.15, 0.2) is 0 Å². The second-order valence-corrected chi connectivity index (χ2v) is 5.76. The lowest BCUT2D eigenvalue weighted by molar-refractivity contribution is 0.0951. The van der Waals surface area contributed by atoms with Crippen LogP contribution in [0.2, 0.25) is 0 Å². The summed E-state index contributed by atoms with van der Waals surface area (Å²) in [6, 6.07) is 14.3. The van der Waals surface area contributed by atoms with E-state index in [0.29, 0.717) is 12.1 Å². The van der Waals surface area contributed by atoms with Gasteiger partial charge in [0.2, 0.25) is 0 Å². The van der Waals surface area contributed by atoms with Gasteiger partial charge < -0.3 is 10.6 Å². The maximum Gasteiger partial charge on any atom is 0.251 e. The van der Waals surface area contributed by atoms with Crippen LogP contribution in [0.4, 0.5) is 20.3 Å². The van der Waals surface area contributed by atoms with E-state index in [1.165, 1.54) is 24.4 Å². The van der Waals surface area contributed by atoms with Crippen LogP contribution in [0.1, 0.15) is 21.5 Å². The summed E-state index contributed by atoms with van der Waals surface area (Å²) in [4.78, 5) is 16.4. The predicted molar refractivity (Wildman–Crippen MR) is 96.2 cm³/mol. The van der Waals surface area contributed by atoms with E-state index < -0.39 is 11.6 Å². The molecule has 0 saturated carbocycles. The highest BCUT2D eigenvalue weighted by Crippen LogP contribution is 2.22. The highest BCUT2D eigenvalue weighted by Gasteiger charge is 2.11. The van der Waals surface area contributed by atoms with Gasteiger partial charge in [-0.2, -0.15) is 0 Å². The van der Waals surface area contributed by atoms with Crippen molar-refractivity contribution in [3.8, 4) is 0 Å². The summed E-state index contributed by atoms with van der Waals surface area (Å²) in [6.07, 6.45) is 1.41. The number of aryl methyl sites for hydroxylation is 1. The number of hydrogen-bond donors (Lipinski definition) is 2. The van der Waals surface area contributed by atoms with Gasteiger partial charge in [-0.3, -0.25) is 4.79 Å². The molecule has 3 rings (SSSR count). The molecule has 1 amide bonds. The Morgan fingerprint density at radius 3 is 2.50 bits per heavy atom. The summed E-state index contributed by atoms with van der Waals surface area (Å²) in [5.41, 5.74) is 2.13. The van der Waals surface area contributed by atoms with Gasteiger partial charge in [0.05, 0.1) is 0 Å². The zero-order valence-corrected chi connectivity index (χ0v) is 14.1. The third-order valence-electron chi connectivity index (χ3n) is 3.94. The fourth-order valence-electron chi connectivity index (χ4n) is 2.47. The Morgan fingerprint density at radius 2 is 1.77 bits per heavy atom. The van der Waals surface area contributed by atoms with Crippen molar-refractivity contribution in [2.24, 2.45) is 0 Å². The maximum atomic E-state index is 13.7. The fourth-order valence-corrected chi connectivity index (χ4v) is 2.47. The summed E-state index contributed by atoms with van der Waals surface area (Å²) < 4.78 is 27.5. The zero-order valence-electron chi connectivity index (χ0n) is 14.1. The monoisotopic (exact) mass is 353 g/mol. The summed E-state index contributed by atoms with van der Waals surface area (Å²) in [5.74, 6) is -1.59. The normalized spacial score (nSPS) is 10.4. The molecule has 0 bridgehead atoms. The molecule has 1 aromatic heterocycles. The van der Waals surface area contributed by atoms with Gasteiger partial charge >= 0.3 is 0 Å². The molecule has 0 atom stereocenters. The molecular formula is C20H17F2N3O. The second-order valence-electron chi connectivity index (χ2n) is 5.76. The van der Waals surface area contributed by atoms with E-state index in [9.17, 15) is 13.6 Å². The van der Waals surface area contributed by atoms with Gasteiger partial charge in [-0.15, -0.1) is 0 Å². The Morgan fingerprint density at radius 1 is 1.04 bits per heavy atom. The lowest BCUT2D eigenvalue weighted by atomic mass is 10.1. The van der Waals surface area contributed by atoms with E-state index in [1.54, 1.807) is 0 Å². The first-order valence-electron chi connectivity index (χ1n) is 8.04. The van der Waals surface area contributed by atoms with Crippen molar-refractivity contribution in [2.75, 3.05) is 5.32 Å². The SMILES string of the molecule is Cc1ccccc1CNC(=O)c1ccnc(Nc2c(F)cccc2F)c1. The van der Waals surface area contributed by atoms with Crippen molar-refractivity contribution in [3.63, 3.8) is 0 Å². The van der Waals surface area contributed by atoms with Crippen LogP contribution in [-0.2, 0) is 6.54 Å². The topological polar surface area (TPSA) is 54.0 Å². The molecule has 0 spiro atoms. The van der Waals surface area contributed by atoms with Crippen molar-refractivity contribution in [3.05, 3.63) is 89.1 Å². The molecule has 3 aromatic rings. The number of halogens is 2. The molecule has 0 radical (unpaired) electrons. The summed E-state index contributed by atoms with van der Waals surface area (Å²) in [5, 5.41) is 5.40. The number of para-hydroxylation sites is 1. The average molecular weight is 353 g/mol. The Kier molecular flexibility index (Phi) is 5.22. The molecule has 2 aromatic carbocycles. The van der Waals surface area contributed by atoms with Crippen LogP contribution in [0.5, 0.6) is 0 Å². The minimum atomic E-state index is -0.735. The molecule has 0 aliphatic carbocycles. The van der Waals surface area contributed by atoms with Gasteiger partial charge in [0.1, 0.15) is 23.1 Å². The molecule has 2 N–H and O–H groups in total. The second kappa shape index (κ2) is 7.74. The van der Waals surface area contributed by atoms with Crippen LogP contribution in [0.15, 0.2) is 60.8 Å². The predicted octanol–water partition coefficient (Wildman–Crippen LogP) is 4.34. The molecule has 4 nitrogen and oxygen atoms in total. The van der Waals surface area contributed by atoms with Crippen LogP contribution in [0.25, 0.3) is 0 Å². The van der Waals surface area contributed by atoms with Crippen molar-refractivity contribution >= 4 is 17.4 Å². The molecule has 0 fully saturated rings. The van der Waals surface area contributed by atoms with Crippen molar-refractivity contribution in [1.82, 2.24) is 10.3 Å². The summed E-state index contributed by atoms with van der Waals surface area (Å²) in [7, 11) is 0. The maximum absolute atomic E-state index is 13.7. The number of anilines is 2. The van der Waals surface area contributed by atoms with E-state index >= 15 is 0 Å². The minimum Gasteiger partial charge on any atom is -0.348 e. The molecule has 1 heterocycles. The standard InChI is InChI=1S/C20H17F2N3O/c1-13-5-2-3-6-15(13)12-24-20(26)14-9-10-23-18(11-14)25-19-16(21)7-4-8-17(19)22/h2-11H,12H2,1H3,(H,23,25)(H,24,26). The lowest BCUT2D eigenvalue weighted by Gasteiger charge is -2.10. The molecule has 132 valence electrons. The van der Waals surface area contributed by atoms with Crippen molar-refractivity contribution in [2.45, 2.75) is 13.5 Å².